The number of Topliss-reactive ketones (excluding diaryl/α,β-unsaturated/α-hetero) is 1. The van der Waals surface area contributed by atoms with E-state index in [1.54, 1.807) is 18.2 Å². The zero-order valence-corrected chi connectivity index (χ0v) is 11.1. The molecule has 0 aromatic carbocycles. The first-order chi connectivity index (χ1) is 8.87. The Hall–Kier alpha value is -2.17. The van der Waals surface area contributed by atoms with Gasteiger partial charge < -0.3 is 10.8 Å². The number of nitrogens with two attached hydrogens (primary N) is 1. The highest BCUT2D eigenvalue weighted by Gasteiger charge is 2.32. The molecule has 0 unspecified atom stereocenters. The third-order valence-corrected chi connectivity index (χ3v) is 2.98. The van der Waals surface area contributed by atoms with Crippen LogP contribution in [-0.2, 0) is 4.79 Å². The van der Waals surface area contributed by atoms with Crippen molar-refractivity contribution >= 4 is 23.6 Å². The van der Waals surface area contributed by atoms with Gasteiger partial charge in [0, 0.05) is 19.1 Å². The number of aromatic nitrogens is 1. The van der Waals surface area contributed by atoms with Crippen LogP contribution in [0.25, 0.3) is 0 Å². The van der Waals surface area contributed by atoms with E-state index in [1.807, 2.05) is 13.8 Å². The lowest BCUT2D eigenvalue weighted by Crippen LogP contribution is -2.26. The molecule has 0 amide bonds. The fourth-order valence-corrected chi connectivity index (χ4v) is 2.09. The Morgan fingerprint density at radius 1 is 1.42 bits per heavy atom. The van der Waals surface area contributed by atoms with Gasteiger partial charge in [-0.1, -0.05) is 19.9 Å². The lowest BCUT2D eigenvalue weighted by Gasteiger charge is -2.28. The van der Waals surface area contributed by atoms with Gasteiger partial charge in [0.2, 0.25) is 0 Å². The predicted octanol–water partition coefficient (Wildman–Crippen LogP) is 2.57. The Balaban J connectivity index is 2.25. The summed E-state index contributed by atoms with van der Waals surface area (Å²) in [5.41, 5.74) is 5.61. The molecule has 1 heterocycles. The molecule has 2 rings (SSSR count). The lowest BCUT2D eigenvalue weighted by atomic mass is 9.77. The zero-order chi connectivity index (χ0) is 14.0. The monoisotopic (exact) mass is 259 g/mol. The molecule has 0 atom stereocenters. The van der Waals surface area contributed by atoms with Gasteiger partial charge in [-0.05, 0) is 17.5 Å². The van der Waals surface area contributed by atoms with Crippen molar-refractivity contribution in [1.29, 1.82) is 0 Å². The second-order valence-corrected chi connectivity index (χ2v) is 5.48. The fourth-order valence-electron chi connectivity index (χ4n) is 2.09. The number of pyridine rings is 1. The number of rotatable bonds is 2. The number of aliphatic imine (C=N–C) groups is 1. The molecule has 5 heteroatoms. The Kier molecular flexibility index (Phi) is 3.38. The maximum absolute atomic E-state index is 12.0. The second-order valence-electron chi connectivity index (χ2n) is 5.48. The van der Waals surface area contributed by atoms with Gasteiger partial charge in [-0.25, -0.2) is 9.98 Å². The molecule has 100 valence electrons. The van der Waals surface area contributed by atoms with Crippen molar-refractivity contribution in [2.24, 2.45) is 10.4 Å². The summed E-state index contributed by atoms with van der Waals surface area (Å²) in [5, 5.41) is 9.93. The van der Waals surface area contributed by atoms with E-state index in [2.05, 4.69) is 9.98 Å². The highest BCUT2D eigenvalue weighted by Crippen LogP contribution is 2.35. The minimum Gasteiger partial charge on any atom is -0.511 e. The van der Waals surface area contributed by atoms with E-state index in [9.17, 15) is 9.90 Å². The summed E-state index contributed by atoms with van der Waals surface area (Å²) in [6, 6.07) is 5.07. The normalized spacial score (nSPS) is 19.2. The Morgan fingerprint density at radius 2 is 2.16 bits per heavy atom. The number of ketones is 1. The highest BCUT2D eigenvalue weighted by atomic mass is 16.3. The summed E-state index contributed by atoms with van der Waals surface area (Å²) in [6.45, 7) is 3.91. The molecular formula is C14H17N3O2. The minimum absolute atomic E-state index is 0.0916. The van der Waals surface area contributed by atoms with Crippen LogP contribution in [0.15, 0.2) is 34.5 Å². The number of nitrogen functional groups attached to an aromatic ring is 1. The molecule has 3 N–H and O–H groups in total. The van der Waals surface area contributed by atoms with Crippen molar-refractivity contribution in [3.05, 3.63) is 29.5 Å². The van der Waals surface area contributed by atoms with Crippen LogP contribution >= 0.6 is 0 Å². The van der Waals surface area contributed by atoms with Gasteiger partial charge in [-0.15, -0.1) is 0 Å². The number of hydrogen-bond donors (Lipinski definition) is 2. The van der Waals surface area contributed by atoms with Gasteiger partial charge in [0.25, 0.3) is 0 Å². The standard InChI is InChI=1S/C14H17N3O2/c1-14(2)6-10(18)9(11(19)7-14)8-16-13-5-3-4-12(15)17-13/h3-5,8,18H,6-7H2,1-2H3,(H2,15,17)/b16-8+. The van der Waals surface area contributed by atoms with Gasteiger partial charge >= 0.3 is 0 Å². The third-order valence-electron chi connectivity index (χ3n) is 2.98. The first-order valence-electron chi connectivity index (χ1n) is 6.09. The number of carbonyl (C=O) groups is 1. The van der Waals surface area contributed by atoms with Gasteiger partial charge in [-0.2, -0.15) is 0 Å². The van der Waals surface area contributed by atoms with E-state index in [0.29, 0.717) is 24.5 Å². The molecule has 1 aliphatic carbocycles. The van der Waals surface area contributed by atoms with Gasteiger partial charge in [0.15, 0.2) is 11.6 Å². The van der Waals surface area contributed by atoms with Crippen LogP contribution in [0.2, 0.25) is 0 Å². The molecular weight excluding hydrogens is 242 g/mol. The van der Waals surface area contributed by atoms with Crippen LogP contribution in [0.1, 0.15) is 26.7 Å². The summed E-state index contributed by atoms with van der Waals surface area (Å²) >= 11 is 0. The van der Waals surface area contributed by atoms with Crippen LogP contribution in [0, 0.1) is 5.41 Å². The summed E-state index contributed by atoms with van der Waals surface area (Å²) in [6.07, 6.45) is 2.25. The van der Waals surface area contributed by atoms with Crippen molar-refractivity contribution < 1.29 is 9.90 Å². The van der Waals surface area contributed by atoms with Crippen molar-refractivity contribution in [1.82, 2.24) is 4.98 Å². The van der Waals surface area contributed by atoms with E-state index in [4.69, 9.17) is 5.73 Å². The van der Waals surface area contributed by atoms with Crippen molar-refractivity contribution in [2.45, 2.75) is 26.7 Å². The third kappa shape index (κ3) is 3.19. The minimum atomic E-state index is -0.200. The summed E-state index contributed by atoms with van der Waals surface area (Å²) < 4.78 is 0. The Morgan fingerprint density at radius 3 is 2.79 bits per heavy atom. The van der Waals surface area contributed by atoms with E-state index in [0.717, 1.165) is 0 Å². The number of carbonyl (C=O) groups excluding carboxylic acids is 1. The fraction of sp³-hybridized carbons (Fsp3) is 0.357. The molecule has 19 heavy (non-hydrogen) atoms. The zero-order valence-electron chi connectivity index (χ0n) is 11.1. The van der Waals surface area contributed by atoms with E-state index >= 15 is 0 Å². The summed E-state index contributed by atoms with van der Waals surface area (Å²) in [5.74, 6) is 0.775. The topological polar surface area (TPSA) is 88.6 Å². The van der Waals surface area contributed by atoms with Crippen molar-refractivity contribution in [3.8, 4) is 0 Å². The largest absolute Gasteiger partial charge is 0.511 e. The van der Waals surface area contributed by atoms with Crippen molar-refractivity contribution in [2.75, 3.05) is 5.73 Å². The number of allylic oxidation sites excluding steroid dienone is 2. The second kappa shape index (κ2) is 4.84. The molecule has 0 saturated carbocycles. The van der Waals surface area contributed by atoms with Crippen LogP contribution < -0.4 is 5.73 Å². The smallest absolute Gasteiger partial charge is 0.168 e. The number of aliphatic hydroxyl groups excluding tert-OH is 1. The molecule has 0 fully saturated rings. The average molecular weight is 259 g/mol. The van der Waals surface area contributed by atoms with E-state index in [1.165, 1.54) is 6.21 Å². The summed E-state index contributed by atoms with van der Waals surface area (Å²) in [7, 11) is 0. The highest BCUT2D eigenvalue weighted by molar-refractivity contribution is 6.14. The van der Waals surface area contributed by atoms with E-state index in [-0.39, 0.29) is 22.5 Å². The molecule has 1 aromatic rings. The Bertz CT molecular complexity index is 574. The first-order valence-corrected chi connectivity index (χ1v) is 6.09. The quantitative estimate of drug-likeness (QED) is 0.799. The van der Waals surface area contributed by atoms with Gasteiger partial charge in [-0.3, -0.25) is 4.79 Å². The van der Waals surface area contributed by atoms with Crippen molar-refractivity contribution in [3.63, 3.8) is 0 Å². The molecule has 5 nitrogen and oxygen atoms in total. The molecule has 0 bridgehead atoms. The van der Waals surface area contributed by atoms with Crippen LogP contribution in [0.5, 0.6) is 0 Å². The number of anilines is 1. The molecule has 0 radical (unpaired) electrons. The molecule has 0 aliphatic heterocycles. The average Bonchev–Trinajstić information content (AvgIpc) is 2.26. The van der Waals surface area contributed by atoms with Crippen LogP contribution in [-0.4, -0.2) is 22.1 Å². The Labute approximate surface area is 111 Å². The first kappa shape index (κ1) is 13.3. The molecule has 1 aliphatic rings. The molecule has 0 spiro atoms. The summed E-state index contributed by atoms with van der Waals surface area (Å²) in [4.78, 5) is 20.0. The van der Waals surface area contributed by atoms with Crippen LogP contribution in [0.3, 0.4) is 0 Å². The van der Waals surface area contributed by atoms with Crippen LogP contribution in [0.4, 0.5) is 11.6 Å². The predicted molar refractivity (Wildman–Crippen MR) is 74.5 cm³/mol. The van der Waals surface area contributed by atoms with Gasteiger partial charge in [0.1, 0.15) is 11.6 Å². The molecule has 0 saturated heterocycles. The van der Waals surface area contributed by atoms with Gasteiger partial charge in [0.05, 0.1) is 5.57 Å². The van der Waals surface area contributed by atoms with E-state index < -0.39 is 0 Å². The number of hydrogen-bond acceptors (Lipinski definition) is 5. The maximum Gasteiger partial charge on any atom is 0.168 e. The number of nitrogens with zero attached hydrogens (tertiary/aromatic N) is 2. The SMILES string of the molecule is CC1(C)CC(=O)C(/C=N/c2cccc(N)n2)=C(O)C1. The maximum atomic E-state index is 12.0. The molecule has 1 aromatic heterocycles. The lowest BCUT2D eigenvalue weighted by molar-refractivity contribution is -0.117. The number of aliphatic hydroxyl groups is 1.